The zero-order chi connectivity index (χ0) is 21.9. The Morgan fingerprint density at radius 3 is 2.41 bits per heavy atom. The van der Waals surface area contributed by atoms with E-state index in [4.69, 9.17) is 5.10 Å². The predicted molar refractivity (Wildman–Crippen MR) is 127 cm³/mol. The van der Waals surface area contributed by atoms with Crippen molar-refractivity contribution in [2.75, 3.05) is 31.1 Å². The SMILES string of the molecule is O=C(c1cn(Cc2ccccc2)nc1-c1cccs1)N1CCN(c2ccccc2O)CC1. The van der Waals surface area contributed by atoms with E-state index < -0.39 is 0 Å². The number of carbonyl (C=O) groups is 1. The topological polar surface area (TPSA) is 61.6 Å². The average molecular weight is 445 g/mol. The van der Waals surface area contributed by atoms with Gasteiger partial charge in [-0.2, -0.15) is 5.10 Å². The molecule has 3 heterocycles. The molecule has 1 aliphatic heterocycles. The van der Waals surface area contributed by atoms with Gasteiger partial charge >= 0.3 is 0 Å². The zero-order valence-corrected chi connectivity index (χ0v) is 18.4. The molecule has 1 N–H and O–H groups in total. The van der Waals surface area contributed by atoms with E-state index >= 15 is 0 Å². The average Bonchev–Trinajstić information content (AvgIpc) is 3.50. The van der Waals surface area contributed by atoms with Gasteiger partial charge in [-0.15, -0.1) is 11.3 Å². The summed E-state index contributed by atoms with van der Waals surface area (Å²) in [6.07, 6.45) is 1.87. The number of benzene rings is 2. The van der Waals surface area contributed by atoms with Crippen molar-refractivity contribution in [3.8, 4) is 16.3 Å². The number of hydrogen-bond donors (Lipinski definition) is 1. The summed E-state index contributed by atoms with van der Waals surface area (Å²) in [6, 6.07) is 21.5. The molecule has 0 spiro atoms. The fourth-order valence-corrected chi connectivity index (χ4v) is 4.80. The first-order valence-corrected chi connectivity index (χ1v) is 11.5. The van der Waals surface area contributed by atoms with Crippen molar-refractivity contribution in [3.05, 3.63) is 89.4 Å². The number of carbonyl (C=O) groups excluding carboxylic acids is 1. The molecule has 4 aromatic rings. The number of nitrogens with zero attached hydrogens (tertiary/aromatic N) is 4. The second-order valence-corrected chi connectivity index (χ2v) is 8.77. The van der Waals surface area contributed by atoms with Crippen LogP contribution in [0.5, 0.6) is 5.75 Å². The highest BCUT2D eigenvalue weighted by Gasteiger charge is 2.27. The second-order valence-electron chi connectivity index (χ2n) is 7.82. The van der Waals surface area contributed by atoms with Crippen LogP contribution in [0.15, 0.2) is 78.3 Å². The number of amides is 1. The van der Waals surface area contributed by atoms with Gasteiger partial charge in [0.05, 0.1) is 22.7 Å². The molecule has 2 aromatic carbocycles. The maximum Gasteiger partial charge on any atom is 0.257 e. The highest BCUT2D eigenvalue weighted by Crippen LogP contribution is 2.30. The van der Waals surface area contributed by atoms with Crippen LogP contribution in [-0.2, 0) is 6.54 Å². The zero-order valence-electron chi connectivity index (χ0n) is 17.6. The van der Waals surface area contributed by atoms with E-state index in [0.717, 1.165) is 21.8 Å². The molecule has 1 saturated heterocycles. The molecule has 32 heavy (non-hydrogen) atoms. The van der Waals surface area contributed by atoms with Crippen LogP contribution in [0.25, 0.3) is 10.6 Å². The van der Waals surface area contributed by atoms with E-state index in [1.165, 1.54) is 0 Å². The number of hydrogen-bond acceptors (Lipinski definition) is 5. The largest absolute Gasteiger partial charge is 0.506 e. The molecule has 6 nitrogen and oxygen atoms in total. The third kappa shape index (κ3) is 4.11. The maximum atomic E-state index is 13.5. The monoisotopic (exact) mass is 444 g/mol. The normalized spacial score (nSPS) is 14.0. The summed E-state index contributed by atoms with van der Waals surface area (Å²) in [7, 11) is 0. The van der Waals surface area contributed by atoms with Gasteiger partial charge in [0.1, 0.15) is 11.4 Å². The summed E-state index contributed by atoms with van der Waals surface area (Å²) in [4.78, 5) is 18.5. The molecular weight excluding hydrogens is 420 g/mol. The second kappa shape index (κ2) is 8.88. The van der Waals surface area contributed by atoms with Crippen LogP contribution in [0.2, 0.25) is 0 Å². The Kier molecular flexibility index (Phi) is 5.64. The summed E-state index contributed by atoms with van der Waals surface area (Å²) in [5.74, 6) is 0.277. The summed E-state index contributed by atoms with van der Waals surface area (Å²) in [5, 5.41) is 16.9. The minimum Gasteiger partial charge on any atom is -0.506 e. The van der Waals surface area contributed by atoms with Gasteiger partial charge in [-0.1, -0.05) is 48.5 Å². The number of anilines is 1. The number of thiophene rings is 1. The third-order valence-corrected chi connectivity index (χ3v) is 6.60. The first-order chi connectivity index (χ1) is 15.7. The molecule has 5 rings (SSSR count). The highest BCUT2D eigenvalue weighted by atomic mass is 32.1. The molecule has 1 fully saturated rings. The van der Waals surface area contributed by atoms with E-state index in [0.29, 0.717) is 38.3 Å². The summed E-state index contributed by atoms with van der Waals surface area (Å²) in [6.45, 7) is 3.17. The molecule has 0 radical (unpaired) electrons. The van der Waals surface area contributed by atoms with Crippen molar-refractivity contribution in [2.45, 2.75) is 6.54 Å². The van der Waals surface area contributed by atoms with E-state index in [1.807, 2.05) is 69.7 Å². The lowest BCUT2D eigenvalue weighted by atomic mass is 10.1. The molecular formula is C25H24N4O2S. The van der Waals surface area contributed by atoms with Crippen molar-refractivity contribution >= 4 is 22.9 Å². The molecule has 1 aliphatic rings. The van der Waals surface area contributed by atoms with Crippen LogP contribution in [0.4, 0.5) is 5.69 Å². The van der Waals surface area contributed by atoms with Crippen LogP contribution in [0, 0.1) is 0 Å². The Morgan fingerprint density at radius 1 is 0.938 bits per heavy atom. The molecule has 2 aromatic heterocycles. The van der Waals surface area contributed by atoms with Gasteiger partial charge in [0.15, 0.2) is 0 Å². The number of aromatic hydroxyl groups is 1. The van der Waals surface area contributed by atoms with Gasteiger partial charge in [-0.05, 0) is 29.1 Å². The Morgan fingerprint density at radius 2 is 1.69 bits per heavy atom. The van der Waals surface area contributed by atoms with Crippen LogP contribution >= 0.6 is 11.3 Å². The van der Waals surface area contributed by atoms with E-state index in [2.05, 4.69) is 17.0 Å². The Labute approximate surface area is 191 Å². The van der Waals surface area contributed by atoms with Crippen molar-refractivity contribution < 1.29 is 9.90 Å². The Balaban J connectivity index is 1.36. The number of piperazine rings is 1. The van der Waals surface area contributed by atoms with E-state index in [9.17, 15) is 9.90 Å². The lowest BCUT2D eigenvalue weighted by Gasteiger charge is -2.36. The van der Waals surface area contributed by atoms with Gasteiger partial charge in [0.25, 0.3) is 5.91 Å². The minimum absolute atomic E-state index is 0.00430. The highest BCUT2D eigenvalue weighted by molar-refractivity contribution is 7.13. The van der Waals surface area contributed by atoms with Crippen LogP contribution < -0.4 is 4.90 Å². The molecule has 0 saturated carbocycles. The van der Waals surface area contributed by atoms with Crippen molar-refractivity contribution in [3.63, 3.8) is 0 Å². The predicted octanol–water partition coefficient (Wildman–Crippen LogP) is 4.33. The van der Waals surface area contributed by atoms with Crippen molar-refractivity contribution in [1.29, 1.82) is 0 Å². The summed E-state index contributed by atoms with van der Waals surface area (Å²) in [5.41, 5.74) is 3.33. The smallest absolute Gasteiger partial charge is 0.257 e. The van der Waals surface area contributed by atoms with E-state index in [1.54, 1.807) is 17.4 Å². The van der Waals surface area contributed by atoms with Crippen molar-refractivity contribution in [1.82, 2.24) is 14.7 Å². The van der Waals surface area contributed by atoms with Crippen LogP contribution in [-0.4, -0.2) is 51.9 Å². The van der Waals surface area contributed by atoms with Crippen molar-refractivity contribution in [2.24, 2.45) is 0 Å². The number of phenols is 1. The number of aromatic nitrogens is 2. The fourth-order valence-electron chi connectivity index (χ4n) is 4.08. The standard InChI is InChI=1S/C25H24N4O2S/c30-22-10-5-4-9-21(22)27-12-14-28(15-13-27)25(31)20-18-29(17-19-7-2-1-3-8-19)26-24(20)23-11-6-16-32-23/h1-11,16,18,30H,12-15,17H2. The third-order valence-electron chi connectivity index (χ3n) is 5.72. The minimum atomic E-state index is 0.00430. The molecule has 0 bridgehead atoms. The summed E-state index contributed by atoms with van der Waals surface area (Å²) < 4.78 is 1.86. The molecule has 7 heteroatoms. The van der Waals surface area contributed by atoms with Crippen LogP contribution in [0.1, 0.15) is 15.9 Å². The van der Waals surface area contributed by atoms with Gasteiger partial charge in [-0.25, -0.2) is 0 Å². The van der Waals surface area contributed by atoms with E-state index in [-0.39, 0.29) is 11.7 Å². The lowest BCUT2D eigenvalue weighted by molar-refractivity contribution is 0.0747. The molecule has 1 amide bonds. The number of para-hydroxylation sites is 2. The van der Waals surface area contributed by atoms with Gasteiger partial charge in [0.2, 0.25) is 0 Å². The lowest BCUT2D eigenvalue weighted by Crippen LogP contribution is -2.48. The number of phenolic OH excluding ortho intramolecular Hbond substituents is 1. The molecule has 0 atom stereocenters. The number of rotatable bonds is 5. The van der Waals surface area contributed by atoms with Gasteiger partial charge in [-0.3, -0.25) is 9.48 Å². The molecule has 162 valence electrons. The van der Waals surface area contributed by atoms with Gasteiger partial charge < -0.3 is 14.9 Å². The molecule has 0 aliphatic carbocycles. The maximum absolute atomic E-state index is 13.5. The van der Waals surface area contributed by atoms with Crippen LogP contribution in [0.3, 0.4) is 0 Å². The fraction of sp³-hybridized carbons (Fsp3) is 0.200. The summed E-state index contributed by atoms with van der Waals surface area (Å²) >= 11 is 1.59. The first-order valence-electron chi connectivity index (χ1n) is 10.7. The first kappa shape index (κ1) is 20.3. The Bertz CT molecular complexity index is 1200. The molecule has 0 unspecified atom stereocenters. The Hall–Kier alpha value is -3.58. The quantitative estimate of drug-likeness (QED) is 0.498. The van der Waals surface area contributed by atoms with Gasteiger partial charge in [0, 0.05) is 32.4 Å².